The van der Waals surface area contributed by atoms with Gasteiger partial charge in [-0.1, -0.05) is 35.9 Å². The number of halogens is 1. The number of thiocarbonyl (C=S) groups is 1. The Morgan fingerprint density at radius 1 is 1.03 bits per heavy atom. The maximum Gasteiger partial charge on any atom is 0.225 e. The van der Waals surface area contributed by atoms with E-state index in [1.165, 1.54) is 0 Å². The van der Waals surface area contributed by atoms with Crippen molar-refractivity contribution in [3.63, 3.8) is 0 Å². The number of rotatable bonds is 6. The number of benzene rings is 2. The van der Waals surface area contributed by atoms with Crippen molar-refractivity contribution in [3.05, 3.63) is 59.1 Å². The number of hydrogen-bond donors (Lipinski definition) is 3. The first-order valence-electron chi connectivity index (χ1n) is 11.0. The molecule has 0 radical (unpaired) electrons. The van der Waals surface area contributed by atoms with Gasteiger partial charge in [-0.15, -0.1) is 0 Å². The zero-order chi connectivity index (χ0) is 22.5. The van der Waals surface area contributed by atoms with Gasteiger partial charge in [0.2, 0.25) is 5.95 Å². The highest BCUT2D eigenvalue weighted by atomic mass is 35.5. The van der Waals surface area contributed by atoms with E-state index in [1.807, 2.05) is 61.5 Å². The van der Waals surface area contributed by atoms with Crippen LogP contribution in [0.4, 0.5) is 11.8 Å². The fourth-order valence-electron chi connectivity index (χ4n) is 4.10. The average molecular weight is 469 g/mol. The Morgan fingerprint density at radius 2 is 1.78 bits per heavy atom. The van der Waals surface area contributed by atoms with Gasteiger partial charge in [0.1, 0.15) is 5.82 Å². The highest BCUT2D eigenvalue weighted by Gasteiger charge is 2.22. The van der Waals surface area contributed by atoms with Crippen LogP contribution >= 0.6 is 23.8 Å². The van der Waals surface area contributed by atoms with Crippen LogP contribution in [-0.2, 0) is 6.54 Å². The van der Waals surface area contributed by atoms with E-state index in [9.17, 15) is 0 Å². The molecular formula is C24H29ClN6S. The second-order valence-corrected chi connectivity index (χ2v) is 9.28. The van der Waals surface area contributed by atoms with Crippen LogP contribution in [0.25, 0.3) is 10.9 Å². The van der Waals surface area contributed by atoms with E-state index in [0.717, 1.165) is 53.0 Å². The molecule has 1 saturated carbocycles. The van der Waals surface area contributed by atoms with Gasteiger partial charge in [0.25, 0.3) is 0 Å². The molecule has 3 N–H and O–H groups in total. The number of anilines is 2. The highest BCUT2D eigenvalue weighted by Crippen LogP contribution is 2.26. The van der Waals surface area contributed by atoms with Crippen LogP contribution in [0.3, 0.4) is 0 Å². The number of nitrogens with one attached hydrogen (secondary N) is 3. The van der Waals surface area contributed by atoms with Gasteiger partial charge in [-0.25, -0.2) is 4.98 Å². The Hall–Kier alpha value is -2.64. The third-order valence-electron chi connectivity index (χ3n) is 5.74. The lowest BCUT2D eigenvalue weighted by atomic mass is 9.91. The number of nitrogens with zero attached hydrogens (tertiary/aromatic N) is 3. The van der Waals surface area contributed by atoms with E-state index in [1.54, 1.807) is 0 Å². The topological polar surface area (TPSA) is 65.1 Å². The van der Waals surface area contributed by atoms with E-state index in [-0.39, 0.29) is 0 Å². The highest BCUT2D eigenvalue weighted by molar-refractivity contribution is 7.80. The molecule has 0 bridgehead atoms. The Bertz CT molecular complexity index is 1080. The Labute approximate surface area is 199 Å². The van der Waals surface area contributed by atoms with Crippen molar-refractivity contribution in [1.29, 1.82) is 0 Å². The summed E-state index contributed by atoms with van der Waals surface area (Å²) < 4.78 is 0. The molecule has 0 unspecified atom stereocenters. The van der Waals surface area contributed by atoms with Crippen molar-refractivity contribution in [2.75, 3.05) is 24.3 Å². The minimum Gasteiger partial charge on any atom is -0.362 e. The molecule has 0 spiro atoms. The van der Waals surface area contributed by atoms with Crippen LogP contribution in [0.2, 0.25) is 5.02 Å². The largest absolute Gasteiger partial charge is 0.362 e. The molecule has 1 aliphatic carbocycles. The summed E-state index contributed by atoms with van der Waals surface area (Å²) in [5.41, 5.74) is 2.07. The molecule has 4 rings (SSSR count). The summed E-state index contributed by atoms with van der Waals surface area (Å²) in [5, 5.41) is 12.8. The lowest BCUT2D eigenvalue weighted by Gasteiger charge is -2.30. The summed E-state index contributed by atoms with van der Waals surface area (Å²) >= 11 is 11.5. The van der Waals surface area contributed by atoms with Crippen LogP contribution in [0.5, 0.6) is 0 Å². The first-order chi connectivity index (χ1) is 15.5. The summed E-state index contributed by atoms with van der Waals surface area (Å²) in [6.45, 7) is 0.663. The maximum absolute atomic E-state index is 6.05. The molecule has 1 fully saturated rings. The lowest BCUT2D eigenvalue weighted by molar-refractivity contribution is 0.385. The van der Waals surface area contributed by atoms with Gasteiger partial charge >= 0.3 is 0 Å². The molecule has 0 saturated heterocycles. The predicted molar refractivity (Wildman–Crippen MR) is 138 cm³/mol. The molecule has 2 aromatic carbocycles. The van der Waals surface area contributed by atoms with Crippen LogP contribution in [0.1, 0.15) is 31.2 Å². The second-order valence-electron chi connectivity index (χ2n) is 8.43. The molecule has 0 aliphatic heterocycles. The first kappa shape index (κ1) is 22.6. The van der Waals surface area contributed by atoms with Gasteiger partial charge in [-0.05, 0) is 67.7 Å². The Kier molecular flexibility index (Phi) is 7.27. The van der Waals surface area contributed by atoms with Gasteiger partial charge in [-0.3, -0.25) is 0 Å². The van der Waals surface area contributed by atoms with Crippen LogP contribution in [-0.4, -0.2) is 41.3 Å². The van der Waals surface area contributed by atoms with Crippen LogP contribution < -0.4 is 20.9 Å². The van der Waals surface area contributed by atoms with Crippen molar-refractivity contribution >= 4 is 51.6 Å². The smallest absolute Gasteiger partial charge is 0.225 e. The van der Waals surface area contributed by atoms with Crippen molar-refractivity contribution < 1.29 is 0 Å². The molecule has 1 heterocycles. The normalized spacial score (nSPS) is 18.2. The molecule has 0 atom stereocenters. The summed E-state index contributed by atoms with van der Waals surface area (Å²) in [5.74, 6) is 1.63. The second kappa shape index (κ2) is 10.3. The molecule has 1 aliphatic rings. The van der Waals surface area contributed by atoms with Gasteiger partial charge in [0.15, 0.2) is 5.11 Å². The fourth-order valence-corrected chi connectivity index (χ4v) is 4.55. The molecule has 1 aromatic heterocycles. The molecule has 6 nitrogen and oxygen atoms in total. The lowest BCUT2D eigenvalue weighted by Crippen LogP contribution is -2.44. The quantitative estimate of drug-likeness (QED) is 0.451. The minimum atomic E-state index is 0.359. The number of aromatic nitrogens is 2. The zero-order valence-electron chi connectivity index (χ0n) is 18.4. The van der Waals surface area contributed by atoms with Crippen molar-refractivity contribution in [3.8, 4) is 0 Å². The Balaban J connectivity index is 1.28. The number of para-hydroxylation sites is 1. The van der Waals surface area contributed by atoms with E-state index < -0.39 is 0 Å². The van der Waals surface area contributed by atoms with Crippen LogP contribution in [0, 0.1) is 0 Å². The SMILES string of the molecule is CN(C)c1nc(N[C@H]2CC[C@@H](NC(=S)NCc3cccc(Cl)c3)CC2)nc2ccccc12. The predicted octanol–water partition coefficient (Wildman–Crippen LogP) is 4.74. The van der Waals surface area contributed by atoms with Gasteiger partial charge in [0, 0.05) is 43.1 Å². The third kappa shape index (κ3) is 5.78. The van der Waals surface area contributed by atoms with E-state index in [0.29, 0.717) is 29.7 Å². The Morgan fingerprint density at radius 3 is 2.53 bits per heavy atom. The number of fused-ring (bicyclic) bond motifs is 1. The van der Waals surface area contributed by atoms with Gasteiger partial charge < -0.3 is 20.9 Å². The monoisotopic (exact) mass is 468 g/mol. The van der Waals surface area contributed by atoms with Crippen molar-refractivity contribution in [2.24, 2.45) is 0 Å². The average Bonchev–Trinajstić information content (AvgIpc) is 2.78. The fraction of sp³-hybridized carbons (Fsp3) is 0.375. The van der Waals surface area contributed by atoms with Crippen molar-refractivity contribution in [2.45, 2.75) is 44.3 Å². The molecule has 8 heteroatoms. The maximum atomic E-state index is 6.05. The molecule has 3 aromatic rings. The summed E-state index contributed by atoms with van der Waals surface area (Å²) in [6, 6.07) is 16.7. The summed E-state index contributed by atoms with van der Waals surface area (Å²) in [6.07, 6.45) is 4.18. The van der Waals surface area contributed by atoms with E-state index in [2.05, 4.69) is 22.0 Å². The zero-order valence-corrected chi connectivity index (χ0v) is 20.0. The van der Waals surface area contributed by atoms with Gasteiger partial charge in [-0.2, -0.15) is 4.98 Å². The van der Waals surface area contributed by atoms with Crippen molar-refractivity contribution in [1.82, 2.24) is 20.6 Å². The standard InChI is InChI=1S/C24H29ClN6S/c1-31(2)22-20-8-3-4-9-21(20)29-23(30-22)27-18-10-12-19(13-11-18)28-24(32)26-15-16-6-5-7-17(25)14-16/h3-9,14,18-19H,10-13,15H2,1-2H3,(H2,26,28,32)(H,27,29,30)/t18-,19+. The molecule has 168 valence electrons. The number of hydrogen-bond acceptors (Lipinski definition) is 5. The third-order valence-corrected chi connectivity index (χ3v) is 6.24. The van der Waals surface area contributed by atoms with E-state index in [4.69, 9.17) is 33.8 Å². The van der Waals surface area contributed by atoms with E-state index >= 15 is 0 Å². The minimum absolute atomic E-state index is 0.359. The van der Waals surface area contributed by atoms with Crippen LogP contribution in [0.15, 0.2) is 48.5 Å². The molecular weight excluding hydrogens is 440 g/mol. The summed E-state index contributed by atoms with van der Waals surface area (Å²) in [7, 11) is 4.03. The first-order valence-corrected chi connectivity index (χ1v) is 11.8. The summed E-state index contributed by atoms with van der Waals surface area (Å²) in [4.78, 5) is 11.5. The molecule has 0 amide bonds. The molecule has 32 heavy (non-hydrogen) atoms. The van der Waals surface area contributed by atoms with Gasteiger partial charge in [0.05, 0.1) is 5.52 Å².